The molecule has 116 valence electrons. The van der Waals surface area contributed by atoms with E-state index in [4.69, 9.17) is 0 Å². The fourth-order valence-electron chi connectivity index (χ4n) is 2.89. The number of hydrogen-bond donors (Lipinski definition) is 0. The first-order valence-corrected chi connectivity index (χ1v) is 9.22. The van der Waals surface area contributed by atoms with Gasteiger partial charge in [0.15, 0.2) is 9.84 Å². The van der Waals surface area contributed by atoms with Gasteiger partial charge in [-0.2, -0.15) is 0 Å². The molecule has 0 saturated heterocycles. The largest absolute Gasteiger partial charge is 0.299 e. The first-order chi connectivity index (χ1) is 10.6. The summed E-state index contributed by atoms with van der Waals surface area (Å²) in [4.78, 5) is 6.57. The smallest absolute Gasteiger partial charge is 0.178 e. The minimum atomic E-state index is -3.19. The molecule has 0 unspecified atom stereocenters. The van der Waals surface area contributed by atoms with Crippen LogP contribution in [0.4, 0.5) is 0 Å². The van der Waals surface area contributed by atoms with Gasteiger partial charge in [-0.3, -0.25) is 9.88 Å². The maximum Gasteiger partial charge on any atom is 0.178 e. The van der Waals surface area contributed by atoms with E-state index in [0.717, 1.165) is 26.1 Å². The molecule has 2 aromatic rings. The molecule has 0 amide bonds. The Labute approximate surface area is 131 Å². The van der Waals surface area contributed by atoms with Crippen LogP contribution in [0.25, 0.3) is 0 Å². The van der Waals surface area contributed by atoms with Crippen LogP contribution in [0, 0.1) is 0 Å². The van der Waals surface area contributed by atoms with Crippen LogP contribution >= 0.6 is 0 Å². The quantitative estimate of drug-likeness (QED) is 0.849. The number of rotatable bonds is 5. The average Bonchev–Trinajstić information content (AvgIpc) is 2.55. The van der Waals surface area contributed by atoms with Crippen molar-refractivity contribution in [3.8, 4) is 0 Å². The van der Waals surface area contributed by atoms with E-state index in [-0.39, 0.29) is 5.75 Å². The molecule has 5 heteroatoms. The minimum absolute atomic E-state index is 0.190. The van der Waals surface area contributed by atoms with Crippen molar-refractivity contribution < 1.29 is 8.42 Å². The molecule has 1 aliphatic rings. The zero-order chi connectivity index (χ0) is 15.4. The van der Waals surface area contributed by atoms with E-state index >= 15 is 0 Å². The van der Waals surface area contributed by atoms with Gasteiger partial charge >= 0.3 is 0 Å². The van der Waals surface area contributed by atoms with Crippen LogP contribution < -0.4 is 0 Å². The highest BCUT2D eigenvalue weighted by molar-refractivity contribution is 7.91. The Bertz CT molecular complexity index is 729. The van der Waals surface area contributed by atoms with E-state index in [1.165, 1.54) is 23.5 Å². The van der Waals surface area contributed by atoms with Gasteiger partial charge in [-0.25, -0.2) is 8.42 Å². The van der Waals surface area contributed by atoms with Gasteiger partial charge in [-0.1, -0.05) is 24.3 Å². The van der Waals surface area contributed by atoms with Gasteiger partial charge in [0.05, 0.1) is 10.6 Å². The molecule has 1 aromatic carbocycles. The van der Waals surface area contributed by atoms with Crippen molar-refractivity contribution in [1.82, 2.24) is 9.88 Å². The molecule has 0 N–H and O–H groups in total. The molecule has 22 heavy (non-hydrogen) atoms. The Kier molecular flexibility index (Phi) is 4.55. The number of fused-ring (bicyclic) bond motifs is 1. The lowest BCUT2D eigenvalue weighted by molar-refractivity contribution is 0.255. The van der Waals surface area contributed by atoms with E-state index in [1.807, 2.05) is 0 Å². The van der Waals surface area contributed by atoms with Crippen LogP contribution in [-0.4, -0.2) is 37.1 Å². The van der Waals surface area contributed by atoms with E-state index in [9.17, 15) is 8.42 Å². The standard InChI is InChI=1S/C17H20N2O2S/c20-22(21,17-6-9-18-10-7-17)13-3-11-19-12-8-15-4-1-2-5-16(15)14-19/h1-2,4-7,9-10H,3,8,11-14H2. The van der Waals surface area contributed by atoms with Crippen molar-refractivity contribution >= 4 is 9.84 Å². The molecule has 0 spiro atoms. The van der Waals surface area contributed by atoms with Gasteiger partial charge in [-0.05, 0) is 42.6 Å². The fraction of sp³-hybridized carbons (Fsp3) is 0.353. The first kappa shape index (κ1) is 15.2. The molecule has 0 aliphatic carbocycles. The number of hydrogen-bond acceptors (Lipinski definition) is 4. The predicted molar refractivity (Wildman–Crippen MR) is 86.3 cm³/mol. The second-order valence-electron chi connectivity index (χ2n) is 5.65. The number of nitrogens with zero attached hydrogens (tertiary/aromatic N) is 2. The van der Waals surface area contributed by atoms with E-state index in [2.05, 4.69) is 34.1 Å². The third-order valence-electron chi connectivity index (χ3n) is 4.11. The Morgan fingerprint density at radius 2 is 1.77 bits per heavy atom. The molecule has 1 aromatic heterocycles. The highest BCUT2D eigenvalue weighted by Crippen LogP contribution is 2.19. The predicted octanol–water partition coefficient (Wildman–Crippen LogP) is 2.30. The number of benzene rings is 1. The molecule has 0 atom stereocenters. The summed E-state index contributed by atoms with van der Waals surface area (Å²) in [7, 11) is -3.19. The average molecular weight is 316 g/mol. The molecule has 1 aliphatic heterocycles. The van der Waals surface area contributed by atoms with Crippen molar-refractivity contribution in [1.29, 1.82) is 0 Å². The van der Waals surface area contributed by atoms with Crippen molar-refractivity contribution in [2.24, 2.45) is 0 Å². The molecule has 3 rings (SSSR count). The summed E-state index contributed by atoms with van der Waals surface area (Å²) in [6, 6.07) is 11.6. The second-order valence-corrected chi connectivity index (χ2v) is 7.76. The first-order valence-electron chi connectivity index (χ1n) is 7.57. The lowest BCUT2D eigenvalue weighted by atomic mass is 10.00. The molecule has 0 saturated carbocycles. The highest BCUT2D eigenvalue weighted by Gasteiger charge is 2.18. The Hall–Kier alpha value is -1.72. The van der Waals surface area contributed by atoms with Crippen molar-refractivity contribution in [2.75, 3.05) is 18.8 Å². The molecule has 4 nitrogen and oxygen atoms in total. The van der Waals surface area contributed by atoms with Crippen molar-refractivity contribution in [3.05, 3.63) is 59.9 Å². The van der Waals surface area contributed by atoms with Crippen molar-refractivity contribution in [3.63, 3.8) is 0 Å². The fourth-order valence-corrected chi connectivity index (χ4v) is 4.17. The molecule has 0 radical (unpaired) electrons. The maximum absolute atomic E-state index is 12.2. The van der Waals surface area contributed by atoms with Crippen LogP contribution in [0.15, 0.2) is 53.7 Å². The summed E-state index contributed by atoms with van der Waals surface area (Å²) < 4.78 is 24.5. The van der Waals surface area contributed by atoms with E-state index in [0.29, 0.717) is 11.3 Å². The van der Waals surface area contributed by atoms with Gasteiger partial charge in [0.1, 0.15) is 0 Å². The monoisotopic (exact) mass is 316 g/mol. The summed E-state index contributed by atoms with van der Waals surface area (Å²) in [5, 5.41) is 0. The third kappa shape index (κ3) is 3.54. The Morgan fingerprint density at radius 3 is 2.55 bits per heavy atom. The van der Waals surface area contributed by atoms with Crippen LogP contribution in [0.1, 0.15) is 17.5 Å². The third-order valence-corrected chi connectivity index (χ3v) is 5.92. The summed E-state index contributed by atoms with van der Waals surface area (Å²) in [6.45, 7) is 2.75. The zero-order valence-corrected chi connectivity index (χ0v) is 13.3. The number of pyridine rings is 1. The van der Waals surface area contributed by atoms with E-state index < -0.39 is 9.84 Å². The molecular weight excluding hydrogens is 296 g/mol. The molecule has 0 fully saturated rings. The van der Waals surface area contributed by atoms with Gasteiger partial charge in [0, 0.05) is 25.5 Å². The minimum Gasteiger partial charge on any atom is -0.299 e. The number of aromatic nitrogens is 1. The van der Waals surface area contributed by atoms with Crippen molar-refractivity contribution in [2.45, 2.75) is 24.3 Å². The normalized spacial score (nSPS) is 15.5. The van der Waals surface area contributed by atoms with Crippen LogP contribution in [0.5, 0.6) is 0 Å². The van der Waals surface area contributed by atoms with E-state index in [1.54, 1.807) is 12.1 Å². The maximum atomic E-state index is 12.2. The highest BCUT2D eigenvalue weighted by atomic mass is 32.2. The Morgan fingerprint density at radius 1 is 1.05 bits per heavy atom. The summed E-state index contributed by atoms with van der Waals surface area (Å²) in [5.74, 6) is 0.190. The molecule has 2 heterocycles. The topological polar surface area (TPSA) is 50.3 Å². The van der Waals surface area contributed by atoms with Crippen LogP contribution in [0.3, 0.4) is 0 Å². The summed E-state index contributed by atoms with van der Waals surface area (Å²) in [5.41, 5.74) is 2.79. The Balaban J connectivity index is 1.54. The van der Waals surface area contributed by atoms with Crippen LogP contribution in [-0.2, 0) is 22.8 Å². The summed E-state index contributed by atoms with van der Waals surface area (Å²) >= 11 is 0. The van der Waals surface area contributed by atoms with Gasteiger partial charge in [0.25, 0.3) is 0 Å². The number of sulfone groups is 1. The lowest BCUT2D eigenvalue weighted by Crippen LogP contribution is -2.32. The van der Waals surface area contributed by atoms with Gasteiger partial charge in [-0.15, -0.1) is 0 Å². The lowest BCUT2D eigenvalue weighted by Gasteiger charge is -2.28. The second kappa shape index (κ2) is 6.58. The molecule has 0 bridgehead atoms. The zero-order valence-electron chi connectivity index (χ0n) is 12.5. The summed E-state index contributed by atoms with van der Waals surface area (Å²) in [6.07, 6.45) is 4.75. The van der Waals surface area contributed by atoms with Crippen LogP contribution in [0.2, 0.25) is 0 Å². The SMILES string of the molecule is O=S(=O)(CCCN1CCc2ccccc2C1)c1ccncc1. The molecular formula is C17H20N2O2S. The van der Waals surface area contributed by atoms with Gasteiger partial charge < -0.3 is 0 Å². The van der Waals surface area contributed by atoms with Gasteiger partial charge in [0.2, 0.25) is 0 Å².